The van der Waals surface area contributed by atoms with E-state index in [0.29, 0.717) is 10.8 Å². The molecule has 5 heteroatoms. The van der Waals surface area contributed by atoms with Gasteiger partial charge in [-0.05, 0) is 29.7 Å². The minimum atomic E-state index is 0.362. The molecule has 0 aliphatic carbocycles. The molecule has 3 aromatic rings. The average molecular weight is 358 g/mol. The number of thiocarbonyl (C=S) groups is 1. The van der Waals surface area contributed by atoms with Crippen molar-refractivity contribution < 1.29 is 0 Å². The van der Waals surface area contributed by atoms with Crippen molar-refractivity contribution in [3.05, 3.63) is 64.8 Å². The van der Waals surface area contributed by atoms with Crippen LogP contribution in [0.2, 0.25) is 0 Å². The fraction of sp³-hybridized carbons (Fsp3) is 0. The van der Waals surface area contributed by atoms with Crippen LogP contribution in [0.3, 0.4) is 0 Å². The maximum absolute atomic E-state index is 5.66. The van der Waals surface area contributed by atoms with Gasteiger partial charge in [0.2, 0.25) is 0 Å². The first-order valence-electron chi connectivity index (χ1n) is 6.35. The van der Waals surface area contributed by atoms with Crippen molar-refractivity contribution in [3.63, 3.8) is 0 Å². The summed E-state index contributed by atoms with van der Waals surface area (Å²) in [7, 11) is 0. The van der Waals surface area contributed by atoms with Crippen LogP contribution in [-0.4, -0.2) is 9.97 Å². The standard InChI is InChI=1S/C16H12BrN3S/c17-13-5-6-14(12-4-2-1-3-11(12)13)20-15-9-10(16(18)21)7-8-19-15/h1-9H,(H2,18,21)(H,19,20). The molecule has 104 valence electrons. The Hall–Kier alpha value is -1.98. The van der Waals surface area contributed by atoms with Gasteiger partial charge in [0.25, 0.3) is 0 Å². The predicted octanol–water partition coefficient (Wildman–Crippen LogP) is 4.38. The summed E-state index contributed by atoms with van der Waals surface area (Å²) in [4.78, 5) is 4.67. The number of hydrogen-bond donors (Lipinski definition) is 2. The SMILES string of the molecule is NC(=S)c1ccnc(Nc2ccc(Br)c3ccccc23)c1. The maximum atomic E-state index is 5.66. The normalized spacial score (nSPS) is 10.5. The number of nitrogens with two attached hydrogens (primary N) is 1. The number of aromatic nitrogens is 1. The van der Waals surface area contributed by atoms with Crippen molar-refractivity contribution in [1.29, 1.82) is 0 Å². The molecule has 21 heavy (non-hydrogen) atoms. The van der Waals surface area contributed by atoms with E-state index in [0.717, 1.165) is 26.5 Å². The van der Waals surface area contributed by atoms with Crippen LogP contribution in [-0.2, 0) is 0 Å². The molecule has 0 saturated heterocycles. The highest BCUT2D eigenvalue weighted by Gasteiger charge is 2.06. The zero-order valence-electron chi connectivity index (χ0n) is 11.0. The predicted molar refractivity (Wildman–Crippen MR) is 95.1 cm³/mol. The van der Waals surface area contributed by atoms with Gasteiger partial charge in [0.1, 0.15) is 10.8 Å². The van der Waals surface area contributed by atoms with Crippen LogP contribution >= 0.6 is 28.1 Å². The van der Waals surface area contributed by atoms with Crippen LogP contribution in [0, 0.1) is 0 Å². The average Bonchev–Trinajstić information content (AvgIpc) is 2.51. The van der Waals surface area contributed by atoms with Crippen LogP contribution in [0.25, 0.3) is 10.8 Å². The van der Waals surface area contributed by atoms with Crippen molar-refractivity contribution in [2.45, 2.75) is 0 Å². The van der Waals surface area contributed by atoms with Crippen molar-refractivity contribution in [1.82, 2.24) is 4.98 Å². The highest BCUT2D eigenvalue weighted by Crippen LogP contribution is 2.31. The Morgan fingerprint density at radius 1 is 1.10 bits per heavy atom. The van der Waals surface area contributed by atoms with Gasteiger partial charge in [-0.25, -0.2) is 4.98 Å². The van der Waals surface area contributed by atoms with E-state index in [4.69, 9.17) is 18.0 Å². The highest BCUT2D eigenvalue weighted by molar-refractivity contribution is 9.10. The van der Waals surface area contributed by atoms with Crippen molar-refractivity contribution in [2.24, 2.45) is 5.73 Å². The van der Waals surface area contributed by atoms with E-state index in [9.17, 15) is 0 Å². The molecular formula is C16H12BrN3S. The number of fused-ring (bicyclic) bond motifs is 1. The third-order valence-corrected chi connectivity index (χ3v) is 4.11. The molecule has 3 nitrogen and oxygen atoms in total. The highest BCUT2D eigenvalue weighted by atomic mass is 79.9. The van der Waals surface area contributed by atoms with Gasteiger partial charge in [-0.3, -0.25) is 0 Å². The molecule has 0 saturated carbocycles. The quantitative estimate of drug-likeness (QED) is 0.683. The fourth-order valence-electron chi connectivity index (χ4n) is 2.16. The van der Waals surface area contributed by atoms with Crippen LogP contribution in [0.15, 0.2) is 59.2 Å². The lowest BCUT2D eigenvalue weighted by atomic mass is 10.1. The van der Waals surface area contributed by atoms with E-state index < -0.39 is 0 Å². The van der Waals surface area contributed by atoms with Gasteiger partial charge >= 0.3 is 0 Å². The topological polar surface area (TPSA) is 50.9 Å². The molecule has 0 fully saturated rings. The summed E-state index contributed by atoms with van der Waals surface area (Å²) in [6, 6.07) is 15.8. The van der Waals surface area contributed by atoms with Crippen molar-refractivity contribution >= 4 is 55.4 Å². The van der Waals surface area contributed by atoms with Crippen molar-refractivity contribution in [3.8, 4) is 0 Å². The first-order chi connectivity index (χ1) is 10.1. The number of anilines is 2. The van der Waals surface area contributed by atoms with Gasteiger partial charge in [0.15, 0.2) is 0 Å². The molecule has 1 heterocycles. The van der Waals surface area contributed by atoms with E-state index >= 15 is 0 Å². The number of benzene rings is 2. The number of hydrogen-bond acceptors (Lipinski definition) is 3. The molecule has 1 aromatic heterocycles. The molecule has 0 unspecified atom stereocenters. The molecule has 0 spiro atoms. The second kappa shape index (κ2) is 5.79. The van der Waals surface area contributed by atoms with E-state index in [1.54, 1.807) is 12.3 Å². The molecule has 2 aromatic carbocycles. The van der Waals surface area contributed by atoms with Crippen LogP contribution in [0.4, 0.5) is 11.5 Å². The lowest BCUT2D eigenvalue weighted by Crippen LogP contribution is -2.09. The summed E-state index contributed by atoms with van der Waals surface area (Å²) < 4.78 is 1.06. The smallest absolute Gasteiger partial charge is 0.130 e. The second-order valence-corrected chi connectivity index (χ2v) is 5.85. The second-order valence-electron chi connectivity index (χ2n) is 4.56. The largest absolute Gasteiger partial charge is 0.389 e. The number of pyridine rings is 1. The monoisotopic (exact) mass is 357 g/mol. The molecule has 3 rings (SSSR count). The molecule has 0 aliphatic rings. The lowest BCUT2D eigenvalue weighted by molar-refractivity contribution is 1.30. The van der Waals surface area contributed by atoms with Crippen LogP contribution in [0.5, 0.6) is 0 Å². The lowest BCUT2D eigenvalue weighted by Gasteiger charge is -2.11. The number of nitrogens with one attached hydrogen (secondary N) is 1. The maximum Gasteiger partial charge on any atom is 0.130 e. The fourth-order valence-corrected chi connectivity index (χ4v) is 2.77. The molecule has 0 amide bonds. The Labute approximate surface area is 136 Å². The zero-order valence-corrected chi connectivity index (χ0v) is 13.4. The minimum Gasteiger partial charge on any atom is -0.389 e. The van der Waals surface area contributed by atoms with Gasteiger partial charge in [0.05, 0.1) is 0 Å². The Balaban J connectivity index is 2.04. The zero-order chi connectivity index (χ0) is 14.8. The van der Waals surface area contributed by atoms with E-state index in [-0.39, 0.29) is 0 Å². The molecule has 0 atom stereocenters. The van der Waals surface area contributed by atoms with Gasteiger partial charge < -0.3 is 11.1 Å². The number of halogens is 1. The minimum absolute atomic E-state index is 0.362. The summed E-state index contributed by atoms with van der Waals surface area (Å²) in [5.74, 6) is 0.716. The van der Waals surface area contributed by atoms with Gasteiger partial charge in [-0.2, -0.15) is 0 Å². The van der Waals surface area contributed by atoms with E-state index in [1.807, 2.05) is 30.3 Å². The third-order valence-electron chi connectivity index (χ3n) is 3.18. The molecular weight excluding hydrogens is 346 g/mol. The van der Waals surface area contributed by atoms with Crippen LogP contribution in [0.1, 0.15) is 5.56 Å². The number of nitrogens with zero attached hydrogens (tertiary/aromatic N) is 1. The molecule has 3 N–H and O–H groups in total. The van der Waals surface area contributed by atoms with E-state index in [1.165, 1.54) is 0 Å². The summed E-state index contributed by atoms with van der Waals surface area (Å²) >= 11 is 8.57. The Kier molecular flexibility index (Phi) is 3.86. The Morgan fingerprint density at radius 3 is 2.62 bits per heavy atom. The van der Waals surface area contributed by atoms with Gasteiger partial charge in [-0.15, -0.1) is 0 Å². The summed E-state index contributed by atoms with van der Waals surface area (Å²) in [5.41, 5.74) is 7.44. The summed E-state index contributed by atoms with van der Waals surface area (Å²) in [5, 5.41) is 5.59. The van der Waals surface area contributed by atoms with Crippen molar-refractivity contribution in [2.75, 3.05) is 5.32 Å². The summed E-state index contributed by atoms with van der Waals surface area (Å²) in [6.07, 6.45) is 1.69. The molecule has 0 aliphatic heterocycles. The first-order valence-corrected chi connectivity index (χ1v) is 7.55. The first kappa shape index (κ1) is 14.0. The van der Waals surface area contributed by atoms with Gasteiger partial charge in [-0.1, -0.05) is 52.4 Å². The molecule has 0 radical (unpaired) electrons. The molecule has 0 bridgehead atoms. The van der Waals surface area contributed by atoms with Gasteiger partial charge in [0, 0.05) is 27.3 Å². The third kappa shape index (κ3) is 2.89. The number of rotatable bonds is 3. The summed E-state index contributed by atoms with van der Waals surface area (Å²) in [6.45, 7) is 0. The van der Waals surface area contributed by atoms with Crippen LogP contribution < -0.4 is 11.1 Å². The Bertz CT molecular complexity index is 833. The Morgan fingerprint density at radius 2 is 1.86 bits per heavy atom. The van der Waals surface area contributed by atoms with E-state index in [2.05, 4.69) is 38.4 Å².